The van der Waals surface area contributed by atoms with Crippen molar-refractivity contribution < 1.29 is 4.79 Å². The summed E-state index contributed by atoms with van der Waals surface area (Å²) in [7, 11) is 0. The van der Waals surface area contributed by atoms with E-state index in [9.17, 15) is 4.79 Å². The quantitative estimate of drug-likeness (QED) is 0.657. The van der Waals surface area contributed by atoms with Crippen molar-refractivity contribution >= 4 is 39.8 Å². The molecule has 0 saturated heterocycles. The lowest BCUT2D eigenvalue weighted by Gasteiger charge is -2.04. The maximum atomic E-state index is 11.7. The van der Waals surface area contributed by atoms with Gasteiger partial charge in [-0.2, -0.15) is 0 Å². The van der Waals surface area contributed by atoms with Gasteiger partial charge in [0.15, 0.2) is 0 Å². The second-order valence-corrected chi connectivity index (χ2v) is 6.35. The van der Waals surface area contributed by atoms with Crippen molar-refractivity contribution in [3.8, 4) is 0 Å². The highest BCUT2D eigenvalue weighted by atomic mass is 127. The summed E-state index contributed by atoms with van der Waals surface area (Å²) in [4.78, 5) is 15.7. The van der Waals surface area contributed by atoms with Crippen molar-refractivity contribution in [1.29, 1.82) is 0 Å². The Morgan fingerprint density at radius 2 is 2.47 bits per heavy atom. The summed E-state index contributed by atoms with van der Waals surface area (Å²) < 4.78 is 3.13. The molecule has 2 heterocycles. The van der Waals surface area contributed by atoms with Crippen molar-refractivity contribution in [3.63, 3.8) is 0 Å². The molecule has 0 fully saturated rings. The Morgan fingerprint density at radius 3 is 3.12 bits per heavy atom. The number of hydrogen-bond donors (Lipinski definition) is 1. The van der Waals surface area contributed by atoms with Crippen molar-refractivity contribution in [2.75, 3.05) is 6.54 Å². The van der Waals surface area contributed by atoms with Crippen LogP contribution in [0.4, 0.5) is 0 Å². The Hall–Kier alpha value is -0.890. The second kappa shape index (κ2) is 6.15. The lowest BCUT2D eigenvalue weighted by molar-refractivity contribution is 0.0953. The van der Waals surface area contributed by atoms with Crippen LogP contribution in [0.2, 0.25) is 0 Å². The Kier molecular flexibility index (Phi) is 4.55. The summed E-state index contributed by atoms with van der Waals surface area (Å²) in [6.07, 6.45) is 6.36. The number of rotatable bonds is 5. The number of hydrogen-bond acceptors (Lipinski definition) is 3. The molecule has 0 aromatic carbocycles. The molecule has 1 amide bonds. The molecule has 2 aromatic heterocycles. The predicted octanol–water partition coefficient (Wildman–Crippen LogP) is 2.37. The van der Waals surface area contributed by atoms with Gasteiger partial charge in [-0.05, 0) is 35.1 Å². The molecule has 0 unspecified atom stereocenters. The fourth-order valence-corrected chi connectivity index (χ4v) is 2.74. The minimum atomic E-state index is 0.00907. The predicted molar refractivity (Wildman–Crippen MR) is 76.2 cm³/mol. The van der Waals surface area contributed by atoms with Crippen LogP contribution < -0.4 is 5.32 Å². The third-order valence-electron chi connectivity index (χ3n) is 2.27. The van der Waals surface area contributed by atoms with Gasteiger partial charge in [0.05, 0.1) is 14.8 Å². The molecule has 17 heavy (non-hydrogen) atoms. The fourth-order valence-electron chi connectivity index (χ4n) is 1.41. The monoisotopic (exact) mass is 361 g/mol. The van der Waals surface area contributed by atoms with Crippen LogP contribution in [-0.2, 0) is 6.54 Å². The molecule has 0 aliphatic heterocycles. The zero-order valence-electron chi connectivity index (χ0n) is 9.10. The lowest BCUT2D eigenvalue weighted by Crippen LogP contribution is -2.24. The molecule has 0 radical (unpaired) electrons. The van der Waals surface area contributed by atoms with Gasteiger partial charge in [0.25, 0.3) is 5.91 Å². The molecule has 0 bridgehead atoms. The summed E-state index contributed by atoms with van der Waals surface area (Å²) in [5, 5.41) is 4.79. The standard InChI is InChI=1S/C11H12IN3OS/c12-10-6-9(7-17-10)11(16)14-2-1-4-15-5-3-13-8-15/h3,5-8H,1-2,4H2,(H,14,16). The van der Waals surface area contributed by atoms with Gasteiger partial charge in [-0.3, -0.25) is 4.79 Å². The van der Waals surface area contributed by atoms with Gasteiger partial charge >= 0.3 is 0 Å². The maximum absolute atomic E-state index is 11.7. The largest absolute Gasteiger partial charge is 0.352 e. The highest BCUT2D eigenvalue weighted by molar-refractivity contribution is 14.1. The zero-order chi connectivity index (χ0) is 12.1. The smallest absolute Gasteiger partial charge is 0.252 e. The van der Waals surface area contributed by atoms with E-state index in [0.29, 0.717) is 6.54 Å². The van der Waals surface area contributed by atoms with Crippen molar-refractivity contribution in [2.24, 2.45) is 0 Å². The van der Waals surface area contributed by atoms with Crippen molar-refractivity contribution in [2.45, 2.75) is 13.0 Å². The number of halogens is 1. The summed E-state index contributed by atoms with van der Waals surface area (Å²) in [6.45, 7) is 1.56. The van der Waals surface area contributed by atoms with Crippen LogP contribution in [0.15, 0.2) is 30.2 Å². The van der Waals surface area contributed by atoms with Gasteiger partial charge in [0, 0.05) is 30.9 Å². The number of nitrogens with one attached hydrogen (secondary N) is 1. The molecule has 6 heteroatoms. The molecular weight excluding hydrogens is 349 g/mol. The summed E-state index contributed by atoms with van der Waals surface area (Å²) in [6, 6.07) is 1.90. The van der Waals surface area contributed by atoms with Gasteiger partial charge in [0.2, 0.25) is 0 Å². The Bertz CT molecular complexity index is 481. The molecule has 4 nitrogen and oxygen atoms in total. The van der Waals surface area contributed by atoms with Gasteiger partial charge in [-0.25, -0.2) is 4.98 Å². The second-order valence-electron chi connectivity index (χ2n) is 3.55. The fraction of sp³-hybridized carbons (Fsp3) is 0.273. The van der Waals surface area contributed by atoms with Crippen LogP contribution in [0.25, 0.3) is 0 Å². The SMILES string of the molecule is O=C(NCCCn1ccnc1)c1csc(I)c1. The average molecular weight is 361 g/mol. The molecular formula is C11H12IN3OS. The Morgan fingerprint density at radius 1 is 1.59 bits per heavy atom. The van der Waals surface area contributed by atoms with Gasteiger partial charge in [-0.1, -0.05) is 0 Å². The zero-order valence-corrected chi connectivity index (χ0v) is 12.1. The maximum Gasteiger partial charge on any atom is 0.252 e. The molecule has 0 spiro atoms. The van der Waals surface area contributed by atoms with E-state index in [4.69, 9.17) is 0 Å². The molecule has 1 N–H and O–H groups in total. The first-order valence-electron chi connectivity index (χ1n) is 5.23. The number of thiophene rings is 1. The van der Waals surface area contributed by atoms with Crippen LogP contribution in [0.1, 0.15) is 16.8 Å². The van der Waals surface area contributed by atoms with Crippen LogP contribution in [0.3, 0.4) is 0 Å². The summed E-state index contributed by atoms with van der Waals surface area (Å²) >= 11 is 3.80. The molecule has 0 aliphatic carbocycles. The van der Waals surface area contributed by atoms with E-state index < -0.39 is 0 Å². The first-order valence-corrected chi connectivity index (χ1v) is 7.19. The molecule has 0 atom stereocenters. The van der Waals surface area contributed by atoms with E-state index in [2.05, 4.69) is 32.9 Å². The van der Waals surface area contributed by atoms with E-state index in [1.54, 1.807) is 23.9 Å². The Labute approximate surface area is 117 Å². The van der Waals surface area contributed by atoms with Crippen molar-refractivity contribution in [1.82, 2.24) is 14.9 Å². The van der Waals surface area contributed by atoms with E-state index >= 15 is 0 Å². The topological polar surface area (TPSA) is 46.9 Å². The van der Waals surface area contributed by atoms with Crippen LogP contribution in [0, 0.1) is 2.88 Å². The first-order chi connectivity index (χ1) is 8.25. The average Bonchev–Trinajstić information content (AvgIpc) is 2.95. The van der Waals surface area contributed by atoms with Crippen LogP contribution >= 0.6 is 33.9 Å². The molecule has 90 valence electrons. The molecule has 0 saturated carbocycles. The summed E-state index contributed by atoms with van der Waals surface area (Å²) in [5.74, 6) is 0.00907. The van der Waals surface area contributed by atoms with E-state index in [0.717, 1.165) is 21.4 Å². The number of imidazole rings is 1. The number of carbonyl (C=O) groups is 1. The van der Waals surface area contributed by atoms with Crippen molar-refractivity contribution in [3.05, 3.63) is 38.6 Å². The molecule has 0 aliphatic rings. The number of carbonyl (C=O) groups excluding carboxylic acids is 1. The third kappa shape index (κ3) is 3.81. The minimum Gasteiger partial charge on any atom is -0.352 e. The third-order valence-corrected chi connectivity index (χ3v) is 4.06. The van der Waals surface area contributed by atoms with E-state index in [1.807, 2.05) is 22.2 Å². The highest BCUT2D eigenvalue weighted by Gasteiger charge is 2.06. The van der Waals surface area contributed by atoms with E-state index in [-0.39, 0.29) is 5.91 Å². The molecule has 2 rings (SSSR count). The Balaban J connectivity index is 1.70. The highest BCUT2D eigenvalue weighted by Crippen LogP contribution is 2.16. The summed E-state index contributed by atoms with van der Waals surface area (Å²) in [5.41, 5.74) is 0.752. The van der Waals surface area contributed by atoms with E-state index in [1.165, 1.54) is 0 Å². The number of aryl methyl sites for hydroxylation is 1. The normalized spacial score (nSPS) is 10.4. The number of aromatic nitrogens is 2. The minimum absolute atomic E-state index is 0.00907. The molecule has 2 aromatic rings. The first kappa shape index (κ1) is 12.6. The lowest BCUT2D eigenvalue weighted by atomic mass is 10.3. The van der Waals surface area contributed by atoms with Crippen LogP contribution in [-0.4, -0.2) is 22.0 Å². The van der Waals surface area contributed by atoms with Gasteiger partial charge in [0.1, 0.15) is 0 Å². The van der Waals surface area contributed by atoms with Gasteiger partial charge < -0.3 is 9.88 Å². The van der Waals surface area contributed by atoms with Crippen LogP contribution in [0.5, 0.6) is 0 Å². The number of amides is 1. The van der Waals surface area contributed by atoms with Gasteiger partial charge in [-0.15, -0.1) is 11.3 Å². The number of nitrogens with zero attached hydrogens (tertiary/aromatic N) is 2.